The van der Waals surface area contributed by atoms with Crippen LogP contribution in [0.5, 0.6) is 0 Å². The van der Waals surface area contributed by atoms with Gasteiger partial charge in [-0.05, 0) is 48.2 Å². The number of nitrogens with one attached hydrogen (secondary N) is 4. The Labute approximate surface area is 202 Å². The van der Waals surface area contributed by atoms with E-state index in [4.69, 9.17) is 11.1 Å². The second kappa shape index (κ2) is 9.60. The first-order valence-electron chi connectivity index (χ1n) is 11.2. The van der Waals surface area contributed by atoms with Gasteiger partial charge < -0.3 is 11.1 Å². The first-order chi connectivity index (χ1) is 17.1. The predicted octanol–water partition coefficient (Wildman–Crippen LogP) is 3.48. The van der Waals surface area contributed by atoms with Crippen LogP contribution in [-0.2, 0) is 6.42 Å². The minimum atomic E-state index is -0.145. The minimum absolute atomic E-state index is 0.00437. The normalized spacial score (nSPS) is 14.1. The fourth-order valence-electron chi connectivity index (χ4n) is 4.12. The molecule has 0 bridgehead atoms. The molecule has 2 aromatic heterocycles. The summed E-state index contributed by atoms with van der Waals surface area (Å²) in [5.41, 5.74) is 16.8. The average molecular weight is 465 g/mol. The lowest BCUT2D eigenvalue weighted by Crippen LogP contribution is -2.31. The second-order valence-electron chi connectivity index (χ2n) is 8.19. The monoisotopic (exact) mass is 464 g/mol. The topological polar surface area (TPSA) is 142 Å². The molecule has 4 aromatic rings. The number of hydrogen-bond acceptors (Lipinski definition) is 7. The molecule has 35 heavy (non-hydrogen) atoms. The maximum absolute atomic E-state index is 13.0. The van der Waals surface area contributed by atoms with Crippen molar-refractivity contribution in [3.8, 4) is 11.3 Å². The Bertz CT molecular complexity index is 1390. The van der Waals surface area contributed by atoms with Gasteiger partial charge >= 0.3 is 0 Å². The van der Waals surface area contributed by atoms with Crippen LogP contribution in [0.3, 0.4) is 0 Å². The van der Waals surface area contributed by atoms with E-state index < -0.39 is 0 Å². The smallest absolute Gasteiger partial charge is 0.251 e. The molecule has 0 radical (unpaired) electrons. The summed E-state index contributed by atoms with van der Waals surface area (Å²) in [5.74, 6) is -0.0628. The Kier molecular flexibility index (Phi) is 6.04. The Morgan fingerprint density at radius 1 is 1.06 bits per heavy atom. The molecular weight excluding hydrogens is 440 g/mol. The number of pyridine rings is 1. The Balaban J connectivity index is 1.32. The third-order valence-corrected chi connectivity index (χ3v) is 5.91. The number of nitrogens with two attached hydrogens (primary N) is 1. The number of nitrogens with zero attached hydrogens (tertiary/aromatic N) is 3. The van der Waals surface area contributed by atoms with Crippen molar-refractivity contribution < 1.29 is 4.79 Å². The maximum atomic E-state index is 13.0. The number of nitrogen functional groups attached to an aromatic ring is 1. The van der Waals surface area contributed by atoms with Crippen LogP contribution >= 0.6 is 0 Å². The molecule has 174 valence electrons. The van der Waals surface area contributed by atoms with Crippen LogP contribution in [0.15, 0.2) is 79.3 Å². The van der Waals surface area contributed by atoms with E-state index in [1.165, 1.54) is 17.3 Å². The molecule has 0 saturated carbocycles. The van der Waals surface area contributed by atoms with E-state index in [1.807, 2.05) is 18.2 Å². The summed E-state index contributed by atoms with van der Waals surface area (Å²) < 4.78 is 0. The number of carbonyl (C=O) groups excluding carboxylic acids is 1. The van der Waals surface area contributed by atoms with Gasteiger partial charge in [-0.3, -0.25) is 26.0 Å². The molecular formula is C26H24N8O. The van der Waals surface area contributed by atoms with E-state index in [9.17, 15) is 4.79 Å². The van der Waals surface area contributed by atoms with Crippen molar-refractivity contribution in [1.29, 1.82) is 5.41 Å². The van der Waals surface area contributed by atoms with Crippen LogP contribution in [0.25, 0.3) is 11.3 Å². The number of hydrazine groups is 1. The summed E-state index contributed by atoms with van der Waals surface area (Å²) in [7, 11) is 0. The predicted molar refractivity (Wildman–Crippen MR) is 135 cm³/mol. The van der Waals surface area contributed by atoms with Gasteiger partial charge in [-0.2, -0.15) is 0 Å². The second-order valence-corrected chi connectivity index (χ2v) is 8.19. The van der Waals surface area contributed by atoms with Gasteiger partial charge in [0.25, 0.3) is 5.91 Å². The summed E-state index contributed by atoms with van der Waals surface area (Å²) >= 11 is 0. The highest BCUT2D eigenvalue weighted by Crippen LogP contribution is 2.31. The third-order valence-electron chi connectivity index (χ3n) is 5.91. The van der Waals surface area contributed by atoms with Crippen LogP contribution in [0.4, 0.5) is 11.5 Å². The number of amidine groups is 1. The molecule has 1 aliphatic carbocycles. The number of anilines is 2. The van der Waals surface area contributed by atoms with Gasteiger partial charge in [0.15, 0.2) is 11.7 Å². The summed E-state index contributed by atoms with van der Waals surface area (Å²) in [4.78, 5) is 25.7. The zero-order chi connectivity index (χ0) is 24.2. The van der Waals surface area contributed by atoms with E-state index in [2.05, 4.69) is 43.3 Å². The Hall–Kier alpha value is -4.79. The molecule has 0 fully saturated rings. The summed E-state index contributed by atoms with van der Waals surface area (Å²) in [6.45, 7) is 0. The van der Waals surface area contributed by atoms with Gasteiger partial charge in [0.05, 0.1) is 23.6 Å². The van der Waals surface area contributed by atoms with Gasteiger partial charge in [0.1, 0.15) is 5.69 Å². The minimum Gasteiger partial charge on any atom is -0.382 e. The molecule has 6 N–H and O–H groups in total. The van der Waals surface area contributed by atoms with Gasteiger partial charge in [0.2, 0.25) is 0 Å². The van der Waals surface area contributed by atoms with Crippen LogP contribution in [0.1, 0.15) is 39.6 Å². The lowest BCUT2D eigenvalue weighted by molar-refractivity contribution is 0.0936. The Morgan fingerprint density at radius 2 is 1.89 bits per heavy atom. The summed E-state index contributed by atoms with van der Waals surface area (Å²) in [6.07, 6.45) is 6.65. The van der Waals surface area contributed by atoms with E-state index in [1.54, 1.807) is 42.7 Å². The number of aryl methyl sites for hydroxylation is 1. The molecule has 5 rings (SSSR count). The summed E-state index contributed by atoms with van der Waals surface area (Å²) in [5, 5.41) is 11.5. The molecule has 0 saturated heterocycles. The van der Waals surface area contributed by atoms with Gasteiger partial charge in [-0.1, -0.05) is 36.4 Å². The molecule has 1 atom stereocenters. The van der Waals surface area contributed by atoms with Crippen molar-refractivity contribution in [2.75, 3.05) is 11.2 Å². The van der Waals surface area contributed by atoms with E-state index in [0.717, 1.165) is 18.5 Å². The maximum Gasteiger partial charge on any atom is 0.251 e. The van der Waals surface area contributed by atoms with Gasteiger partial charge in [0, 0.05) is 23.5 Å². The number of carbonyl (C=O) groups is 1. The van der Waals surface area contributed by atoms with Crippen molar-refractivity contribution in [3.05, 3.63) is 102 Å². The molecule has 0 aliphatic heterocycles. The largest absolute Gasteiger partial charge is 0.382 e. The molecule has 1 unspecified atom stereocenters. The number of benzene rings is 2. The van der Waals surface area contributed by atoms with Crippen molar-refractivity contribution in [2.45, 2.75) is 18.9 Å². The fraction of sp³-hybridized carbons (Fsp3) is 0.115. The number of hydrogen-bond donors (Lipinski definition) is 5. The van der Waals surface area contributed by atoms with Crippen molar-refractivity contribution >= 4 is 23.2 Å². The van der Waals surface area contributed by atoms with E-state index >= 15 is 0 Å². The lowest BCUT2D eigenvalue weighted by atomic mass is 10.1. The molecule has 2 heterocycles. The fourth-order valence-corrected chi connectivity index (χ4v) is 4.12. The number of rotatable bonds is 6. The molecule has 9 nitrogen and oxygen atoms in total. The highest BCUT2D eigenvalue weighted by atomic mass is 16.1. The van der Waals surface area contributed by atoms with Crippen molar-refractivity contribution in [1.82, 2.24) is 25.7 Å². The number of fused-ring (bicyclic) bond motifs is 1. The standard InChI is InChI=1S/C26H24N8O/c27-24-23(25(28)34-33-19-10-12-29-13-11-19)31-22(15-30-24)17-5-3-6-18(14-17)26(35)32-21-9-8-16-4-1-2-7-20(16)21/h1-7,10-15,21H,8-9H2,(H2,27,30)(H2,28,34)(H,29,33)(H,32,35). The highest BCUT2D eigenvalue weighted by molar-refractivity contribution is 5.99. The molecule has 2 aromatic carbocycles. The number of amides is 1. The molecule has 0 spiro atoms. The summed E-state index contributed by atoms with van der Waals surface area (Å²) in [6, 6.07) is 18.9. The van der Waals surface area contributed by atoms with Crippen LogP contribution < -0.4 is 21.9 Å². The van der Waals surface area contributed by atoms with Crippen molar-refractivity contribution in [3.63, 3.8) is 0 Å². The first kappa shape index (κ1) is 22.0. The first-order valence-corrected chi connectivity index (χ1v) is 11.2. The van der Waals surface area contributed by atoms with E-state index in [0.29, 0.717) is 16.8 Å². The van der Waals surface area contributed by atoms with Gasteiger partial charge in [-0.25, -0.2) is 9.97 Å². The SMILES string of the molecule is N=C(NNc1ccncc1)c1nc(-c2cccc(C(=O)NC3CCc4ccccc43)c2)cnc1N. The van der Waals surface area contributed by atoms with Crippen molar-refractivity contribution in [2.24, 2.45) is 0 Å². The lowest BCUT2D eigenvalue weighted by Gasteiger charge is -2.15. The molecule has 9 heteroatoms. The van der Waals surface area contributed by atoms with Crippen LogP contribution in [0.2, 0.25) is 0 Å². The van der Waals surface area contributed by atoms with E-state index in [-0.39, 0.29) is 29.3 Å². The zero-order valence-electron chi connectivity index (χ0n) is 18.8. The number of aromatic nitrogens is 3. The quantitative estimate of drug-likeness (QED) is 0.167. The Morgan fingerprint density at radius 3 is 2.74 bits per heavy atom. The van der Waals surface area contributed by atoms with Crippen LogP contribution in [0, 0.1) is 5.41 Å². The molecule has 1 aliphatic rings. The highest BCUT2D eigenvalue weighted by Gasteiger charge is 2.24. The third kappa shape index (κ3) is 4.79. The zero-order valence-corrected chi connectivity index (χ0v) is 18.8. The molecule has 1 amide bonds. The van der Waals surface area contributed by atoms with Crippen LogP contribution in [-0.4, -0.2) is 26.7 Å². The van der Waals surface area contributed by atoms with Gasteiger partial charge in [-0.15, -0.1) is 0 Å². The average Bonchev–Trinajstić information content (AvgIpc) is 3.31.